The van der Waals surface area contributed by atoms with Crippen molar-refractivity contribution in [3.8, 4) is 0 Å². The SMILES string of the molecule is OP(O)(O)=S.OP(O)(O)=S.[CH2-]C.[CH2-]CCCCC.[Zn+2]. The van der Waals surface area contributed by atoms with Gasteiger partial charge in [-0.2, -0.15) is 13.3 Å². The predicted molar refractivity (Wildman–Crippen MR) is 82.4 cm³/mol. The summed E-state index contributed by atoms with van der Waals surface area (Å²) in [6.07, 6.45) is 5.07. The fourth-order valence-electron chi connectivity index (χ4n) is 0.427. The molecule has 0 aromatic heterocycles. The number of hydrogen-bond donors (Lipinski definition) is 6. The topological polar surface area (TPSA) is 121 Å². The van der Waals surface area contributed by atoms with E-state index in [1.807, 2.05) is 0 Å². The first-order valence-corrected chi connectivity index (χ1v) is 10.3. The Morgan fingerprint density at radius 2 is 1.05 bits per heavy atom. The standard InChI is InChI=1S/C6H13.C2H5.2H3O3PS.Zn/c1-3-5-6-4-2;1-2;2*1-4(2,3)5;/h1,3-6H2,2H3;1H2,2H3;2*(H3,1,2,3,5);/q2*-1;;;+2. The van der Waals surface area contributed by atoms with Gasteiger partial charge in [-0.05, 0) is 23.6 Å². The fraction of sp³-hybridized carbons (Fsp3) is 0.750. The Kier molecular flexibility index (Phi) is 37.7. The quantitative estimate of drug-likeness (QED) is 0.181. The monoisotopic (exact) mass is 406 g/mol. The van der Waals surface area contributed by atoms with Gasteiger partial charge in [0.2, 0.25) is 0 Å². The second-order valence-corrected chi connectivity index (χ2v) is 7.58. The van der Waals surface area contributed by atoms with E-state index in [2.05, 4.69) is 44.4 Å². The minimum Gasteiger partial charge on any atom is -0.346 e. The van der Waals surface area contributed by atoms with E-state index in [0.717, 1.165) is 6.42 Å². The van der Waals surface area contributed by atoms with E-state index >= 15 is 0 Å². The molecule has 11 heteroatoms. The molecule has 6 nitrogen and oxygen atoms in total. The van der Waals surface area contributed by atoms with E-state index < -0.39 is 13.4 Å². The van der Waals surface area contributed by atoms with Crippen LogP contribution in [0, 0.1) is 13.8 Å². The molecule has 0 atom stereocenters. The second kappa shape index (κ2) is 22.0. The summed E-state index contributed by atoms with van der Waals surface area (Å²) in [5, 5.41) is 0. The molecule has 0 aliphatic heterocycles. The van der Waals surface area contributed by atoms with Gasteiger partial charge in [-0.15, -0.1) is 0 Å². The minimum atomic E-state index is -3.81. The molecule has 0 saturated carbocycles. The van der Waals surface area contributed by atoms with Crippen LogP contribution >= 0.6 is 13.4 Å². The summed E-state index contributed by atoms with van der Waals surface area (Å²) < 4.78 is 0. The molecule has 0 heterocycles. The van der Waals surface area contributed by atoms with Gasteiger partial charge in [-0.25, -0.2) is 0 Å². The van der Waals surface area contributed by atoms with Gasteiger partial charge in [0.05, 0.1) is 0 Å². The predicted octanol–water partition coefficient (Wildman–Crippen LogP) is 1.61. The van der Waals surface area contributed by atoms with Crippen molar-refractivity contribution in [3.63, 3.8) is 0 Å². The third kappa shape index (κ3) is 281. The van der Waals surface area contributed by atoms with Crippen LogP contribution in [0.1, 0.15) is 39.5 Å². The zero-order valence-electron chi connectivity index (χ0n) is 11.3. The molecule has 0 aromatic rings. The molecule has 0 unspecified atom stereocenters. The normalized spacial score (nSPS) is 9.37. The average Bonchev–Trinajstić information content (AvgIpc) is 2.12. The van der Waals surface area contributed by atoms with Gasteiger partial charge in [0.25, 0.3) is 0 Å². The van der Waals surface area contributed by atoms with Gasteiger partial charge < -0.3 is 43.2 Å². The Hall–Kier alpha value is 1.68. The van der Waals surface area contributed by atoms with Crippen LogP contribution in [0.15, 0.2) is 0 Å². The Balaban J connectivity index is -0.0000000474. The Labute approximate surface area is 139 Å². The molecule has 6 N–H and O–H groups in total. The van der Waals surface area contributed by atoms with Crippen LogP contribution in [-0.4, -0.2) is 29.4 Å². The van der Waals surface area contributed by atoms with Crippen molar-refractivity contribution in [1.82, 2.24) is 0 Å². The van der Waals surface area contributed by atoms with Crippen molar-refractivity contribution < 1.29 is 48.8 Å². The summed E-state index contributed by atoms with van der Waals surface area (Å²) in [6.45, 7) is 3.32. The molecule has 0 aromatic carbocycles. The second-order valence-electron chi connectivity index (χ2n) is 2.59. The molecule has 0 aliphatic rings. The van der Waals surface area contributed by atoms with E-state index in [1.165, 1.54) is 19.3 Å². The van der Waals surface area contributed by atoms with Crippen molar-refractivity contribution in [1.29, 1.82) is 0 Å². The number of rotatable bonds is 3. The maximum absolute atomic E-state index is 7.56. The molecule has 0 saturated heterocycles. The maximum Gasteiger partial charge on any atom is 2.00 e. The van der Waals surface area contributed by atoms with Crippen LogP contribution < -0.4 is 0 Å². The smallest absolute Gasteiger partial charge is 0.346 e. The molecular formula is C8H24O6P2S2Zn. The van der Waals surface area contributed by atoms with Crippen molar-refractivity contribution in [3.05, 3.63) is 13.8 Å². The number of hydrogen-bond acceptors (Lipinski definition) is 2. The third-order valence-corrected chi connectivity index (χ3v) is 0.854. The molecule has 0 rings (SSSR count). The Morgan fingerprint density at radius 1 is 0.842 bits per heavy atom. The first-order valence-electron chi connectivity index (χ1n) is 4.98. The van der Waals surface area contributed by atoms with Crippen molar-refractivity contribution in [2.24, 2.45) is 0 Å². The van der Waals surface area contributed by atoms with E-state index in [-0.39, 0.29) is 19.5 Å². The summed E-state index contributed by atoms with van der Waals surface area (Å²) in [4.78, 5) is 45.3. The molecule has 0 bridgehead atoms. The van der Waals surface area contributed by atoms with Crippen LogP contribution in [0.25, 0.3) is 0 Å². The number of unbranched alkanes of at least 4 members (excludes halogenated alkanes) is 3. The first-order chi connectivity index (χ1) is 7.91. The van der Waals surface area contributed by atoms with Crippen molar-refractivity contribution in [2.45, 2.75) is 39.5 Å². The van der Waals surface area contributed by atoms with Crippen LogP contribution in [0.2, 0.25) is 0 Å². The summed E-state index contributed by atoms with van der Waals surface area (Å²) in [5.74, 6) is 0. The third-order valence-electron chi connectivity index (χ3n) is 0.854. The average molecular weight is 408 g/mol. The van der Waals surface area contributed by atoms with E-state index in [4.69, 9.17) is 29.4 Å². The minimum absolute atomic E-state index is 0. The van der Waals surface area contributed by atoms with Crippen LogP contribution in [-0.2, 0) is 43.1 Å². The van der Waals surface area contributed by atoms with Gasteiger partial charge in [-0.1, -0.05) is 26.2 Å². The molecule has 116 valence electrons. The Bertz CT molecular complexity index is 193. The molecule has 0 aliphatic carbocycles. The van der Waals surface area contributed by atoms with Gasteiger partial charge in [0.1, 0.15) is 0 Å². The van der Waals surface area contributed by atoms with Crippen molar-refractivity contribution in [2.75, 3.05) is 0 Å². The summed E-state index contributed by atoms with van der Waals surface area (Å²) in [7, 11) is 0. The first kappa shape index (κ1) is 32.6. The van der Waals surface area contributed by atoms with E-state index in [1.54, 1.807) is 6.92 Å². The molecular weight excluding hydrogens is 384 g/mol. The zero-order valence-corrected chi connectivity index (χ0v) is 17.7. The van der Waals surface area contributed by atoms with Crippen molar-refractivity contribution >= 4 is 37.1 Å². The van der Waals surface area contributed by atoms with Gasteiger partial charge in [0, 0.05) is 0 Å². The Morgan fingerprint density at radius 3 is 1.11 bits per heavy atom. The molecule has 19 heavy (non-hydrogen) atoms. The van der Waals surface area contributed by atoms with Crippen LogP contribution in [0.4, 0.5) is 0 Å². The van der Waals surface area contributed by atoms with Crippen LogP contribution in [0.3, 0.4) is 0 Å². The summed E-state index contributed by atoms with van der Waals surface area (Å²) in [5.41, 5.74) is 0. The summed E-state index contributed by atoms with van der Waals surface area (Å²) >= 11 is 7.21. The molecule has 0 amide bonds. The maximum atomic E-state index is 7.56. The van der Waals surface area contributed by atoms with Gasteiger partial charge >= 0.3 is 32.9 Å². The largest absolute Gasteiger partial charge is 2.00 e. The fourth-order valence-corrected chi connectivity index (χ4v) is 0.427. The van der Waals surface area contributed by atoms with E-state index in [9.17, 15) is 0 Å². The molecule has 0 spiro atoms. The molecule has 0 radical (unpaired) electrons. The zero-order chi connectivity index (χ0) is 15.8. The van der Waals surface area contributed by atoms with Gasteiger partial charge in [0.15, 0.2) is 0 Å². The van der Waals surface area contributed by atoms with Crippen LogP contribution in [0.5, 0.6) is 0 Å². The van der Waals surface area contributed by atoms with Gasteiger partial charge in [-0.3, -0.25) is 0 Å². The summed E-state index contributed by atoms with van der Waals surface area (Å²) in [6, 6.07) is 0. The van der Waals surface area contributed by atoms with E-state index in [0.29, 0.717) is 0 Å². The molecule has 0 fully saturated rings.